The molecule has 0 aliphatic carbocycles. The lowest BCUT2D eigenvalue weighted by atomic mass is 9.92. The van der Waals surface area contributed by atoms with Crippen LogP contribution >= 0.6 is 0 Å². The lowest BCUT2D eigenvalue weighted by molar-refractivity contribution is -0.117. The first-order chi connectivity index (χ1) is 14.4. The molecule has 30 heavy (non-hydrogen) atoms. The summed E-state index contributed by atoms with van der Waals surface area (Å²) in [6.07, 6.45) is 2.39. The summed E-state index contributed by atoms with van der Waals surface area (Å²) in [7, 11) is 0. The van der Waals surface area contributed by atoms with Crippen LogP contribution in [0.2, 0.25) is 0 Å². The molecule has 1 N–H and O–H groups in total. The van der Waals surface area contributed by atoms with Gasteiger partial charge in [0.05, 0.1) is 12.6 Å². The van der Waals surface area contributed by atoms with Gasteiger partial charge in [-0.05, 0) is 41.4 Å². The zero-order valence-corrected chi connectivity index (χ0v) is 18.9. The Hall–Kier alpha value is -2.17. The molecule has 0 radical (unpaired) electrons. The molecule has 4 heteroatoms. The lowest BCUT2D eigenvalue weighted by Gasteiger charge is -2.26. The van der Waals surface area contributed by atoms with Crippen LogP contribution < -0.4 is 5.32 Å². The second-order valence-electron chi connectivity index (χ2n) is 8.96. The molecule has 3 rings (SSSR count). The summed E-state index contributed by atoms with van der Waals surface area (Å²) in [4.78, 5) is 15.4. The molecular weight excluding hydrogens is 372 g/mol. The Balaban J connectivity index is 1.75. The van der Waals surface area contributed by atoms with E-state index in [4.69, 9.17) is 4.74 Å². The second-order valence-corrected chi connectivity index (χ2v) is 8.96. The average molecular weight is 409 g/mol. The summed E-state index contributed by atoms with van der Waals surface area (Å²) in [6.45, 7) is 11.4. The Bertz CT molecular complexity index is 785. The summed E-state index contributed by atoms with van der Waals surface area (Å²) in [5.74, 6) is 0.747. The van der Waals surface area contributed by atoms with E-state index >= 15 is 0 Å². The number of carbonyl (C=O) groups is 1. The Morgan fingerprint density at radius 3 is 2.27 bits per heavy atom. The van der Waals surface area contributed by atoms with E-state index in [2.05, 4.69) is 68.2 Å². The topological polar surface area (TPSA) is 41.6 Å². The number of para-hydroxylation sites is 1. The summed E-state index contributed by atoms with van der Waals surface area (Å²) in [5.41, 5.74) is 4.60. The van der Waals surface area contributed by atoms with Crippen LogP contribution in [0.25, 0.3) is 0 Å². The molecule has 1 saturated heterocycles. The predicted octanol–water partition coefficient (Wildman–Crippen LogP) is 5.55. The number of nitrogens with one attached hydrogen (secondary N) is 1. The van der Waals surface area contributed by atoms with Gasteiger partial charge in [-0.3, -0.25) is 9.69 Å². The lowest BCUT2D eigenvalue weighted by Crippen LogP contribution is -2.38. The van der Waals surface area contributed by atoms with E-state index in [0.717, 1.165) is 38.2 Å². The van der Waals surface area contributed by atoms with E-state index in [1.54, 1.807) is 0 Å². The molecule has 1 atom stereocenters. The van der Waals surface area contributed by atoms with Crippen molar-refractivity contribution in [1.29, 1.82) is 0 Å². The molecule has 2 aromatic rings. The van der Waals surface area contributed by atoms with Gasteiger partial charge in [-0.15, -0.1) is 0 Å². The first-order valence-corrected chi connectivity index (χ1v) is 11.2. The maximum absolute atomic E-state index is 13.1. The third-order valence-electron chi connectivity index (χ3n) is 5.74. The summed E-state index contributed by atoms with van der Waals surface area (Å²) < 4.78 is 5.85. The number of anilines is 1. The van der Waals surface area contributed by atoms with Crippen LogP contribution in [0.15, 0.2) is 48.5 Å². The van der Waals surface area contributed by atoms with Crippen LogP contribution in [0.5, 0.6) is 0 Å². The molecule has 1 aliphatic heterocycles. The largest absolute Gasteiger partial charge is 0.377 e. The zero-order chi connectivity index (χ0) is 21.5. The molecular formula is C26H36N2O2. The maximum atomic E-state index is 13.1. The molecule has 2 aromatic carbocycles. The number of hydrogen-bond donors (Lipinski definition) is 1. The highest BCUT2D eigenvalue weighted by atomic mass is 16.5. The Kier molecular flexibility index (Phi) is 8.06. The molecule has 1 heterocycles. The SMILES string of the molecule is CC(C)c1cccc(C(C)C)c1NC(=O)CN(Cc1ccccc1)CC1CCCO1. The van der Waals surface area contributed by atoms with Crippen molar-refractivity contribution < 1.29 is 9.53 Å². The van der Waals surface area contributed by atoms with Gasteiger partial charge in [-0.1, -0.05) is 76.2 Å². The highest BCUT2D eigenvalue weighted by Crippen LogP contribution is 2.32. The fourth-order valence-electron chi connectivity index (χ4n) is 4.18. The number of hydrogen-bond acceptors (Lipinski definition) is 3. The number of nitrogens with zero attached hydrogens (tertiary/aromatic N) is 1. The van der Waals surface area contributed by atoms with Crippen LogP contribution in [-0.4, -0.2) is 36.6 Å². The third kappa shape index (κ3) is 6.16. The van der Waals surface area contributed by atoms with E-state index in [0.29, 0.717) is 18.4 Å². The Labute approximate surface area is 181 Å². The van der Waals surface area contributed by atoms with E-state index in [1.807, 2.05) is 18.2 Å². The van der Waals surface area contributed by atoms with Gasteiger partial charge in [0, 0.05) is 25.4 Å². The van der Waals surface area contributed by atoms with Crippen molar-refractivity contribution in [2.45, 2.75) is 65.0 Å². The van der Waals surface area contributed by atoms with E-state index in [1.165, 1.54) is 16.7 Å². The number of amides is 1. The van der Waals surface area contributed by atoms with E-state index in [-0.39, 0.29) is 12.0 Å². The van der Waals surface area contributed by atoms with Crippen LogP contribution in [0.3, 0.4) is 0 Å². The van der Waals surface area contributed by atoms with Crippen LogP contribution in [0.1, 0.15) is 69.1 Å². The number of carbonyl (C=O) groups excluding carboxylic acids is 1. The fraction of sp³-hybridized carbons (Fsp3) is 0.500. The highest BCUT2D eigenvalue weighted by molar-refractivity contribution is 5.94. The van der Waals surface area contributed by atoms with Crippen LogP contribution in [-0.2, 0) is 16.1 Å². The minimum Gasteiger partial charge on any atom is -0.377 e. The number of rotatable bonds is 9. The number of benzene rings is 2. The van der Waals surface area contributed by atoms with Gasteiger partial charge < -0.3 is 10.1 Å². The van der Waals surface area contributed by atoms with Crippen LogP contribution in [0, 0.1) is 0 Å². The van der Waals surface area contributed by atoms with Crippen molar-refractivity contribution in [3.63, 3.8) is 0 Å². The molecule has 0 aromatic heterocycles. The molecule has 0 saturated carbocycles. The standard InChI is InChI=1S/C26H36N2O2/c1-19(2)23-13-8-14-24(20(3)4)26(23)27-25(29)18-28(17-22-12-9-15-30-22)16-21-10-6-5-7-11-21/h5-8,10-11,13-14,19-20,22H,9,12,15-18H2,1-4H3,(H,27,29). The first kappa shape index (κ1) is 22.5. The molecule has 1 fully saturated rings. The van der Waals surface area contributed by atoms with Crippen molar-refractivity contribution in [1.82, 2.24) is 4.90 Å². The van der Waals surface area contributed by atoms with E-state index < -0.39 is 0 Å². The Morgan fingerprint density at radius 2 is 1.70 bits per heavy atom. The maximum Gasteiger partial charge on any atom is 0.238 e. The van der Waals surface area contributed by atoms with Gasteiger partial charge >= 0.3 is 0 Å². The van der Waals surface area contributed by atoms with Gasteiger partial charge in [0.15, 0.2) is 0 Å². The molecule has 4 nitrogen and oxygen atoms in total. The molecule has 0 spiro atoms. The molecule has 1 unspecified atom stereocenters. The molecule has 1 aliphatic rings. The zero-order valence-electron chi connectivity index (χ0n) is 18.9. The fourth-order valence-corrected chi connectivity index (χ4v) is 4.18. The third-order valence-corrected chi connectivity index (χ3v) is 5.74. The minimum absolute atomic E-state index is 0.0407. The smallest absolute Gasteiger partial charge is 0.238 e. The number of ether oxygens (including phenoxy) is 1. The normalized spacial score (nSPS) is 16.6. The van der Waals surface area contributed by atoms with E-state index in [9.17, 15) is 4.79 Å². The van der Waals surface area contributed by atoms with Crippen molar-refractivity contribution in [3.05, 3.63) is 65.2 Å². The molecule has 0 bridgehead atoms. The minimum atomic E-state index is 0.0407. The summed E-state index contributed by atoms with van der Waals surface area (Å²) >= 11 is 0. The van der Waals surface area contributed by atoms with Crippen molar-refractivity contribution in [2.24, 2.45) is 0 Å². The monoisotopic (exact) mass is 408 g/mol. The predicted molar refractivity (Wildman–Crippen MR) is 124 cm³/mol. The average Bonchev–Trinajstić information content (AvgIpc) is 3.21. The van der Waals surface area contributed by atoms with Gasteiger partial charge in [-0.2, -0.15) is 0 Å². The Morgan fingerprint density at radius 1 is 1.03 bits per heavy atom. The van der Waals surface area contributed by atoms with Gasteiger partial charge in [0.2, 0.25) is 5.91 Å². The highest BCUT2D eigenvalue weighted by Gasteiger charge is 2.22. The van der Waals surface area contributed by atoms with Crippen molar-refractivity contribution in [2.75, 3.05) is 25.0 Å². The quantitative estimate of drug-likeness (QED) is 0.591. The second kappa shape index (κ2) is 10.7. The summed E-state index contributed by atoms with van der Waals surface area (Å²) in [6, 6.07) is 16.7. The van der Waals surface area contributed by atoms with Crippen LogP contribution in [0.4, 0.5) is 5.69 Å². The van der Waals surface area contributed by atoms with Gasteiger partial charge in [0.1, 0.15) is 0 Å². The van der Waals surface area contributed by atoms with Crippen molar-refractivity contribution in [3.8, 4) is 0 Å². The van der Waals surface area contributed by atoms with Gasteiger partial charge in [-0.25, -0.2) is 0 Å². The summed E-state index contributed by atoms with van der Waals surface area (Å²) in [5, 5.41) is 3.26. The first-order valence-electron chi connectivity index (χ1n) is 11.2. The molecule has 162 valence electrons. The van der Waals surface area contributed by atoms with Gasteiger partial charge in [0.25, 0.3) is 0 Å². The molecule has 1 amide bonds. The van der Waals surface area contributed by atoms with Crippen molar-refractivity contribution >= 4 is 11.6 Å².